The van der Waals surface area contributed by atoms with Crippen LogP contribution in [0.1, 0.15) is 30.9 Å². The maximum atomic E-state index is 12.4. The first-order valence-corrected chi connectivity index (χ1v) is 7.80. The molecule has 1 heterocycles. The predicted octanol–water partition coefficient (Wildman–Crippen LogP) is 3.20. The van der Waals surface area contributed by atoms with Gasteiger partial charge in [0.25, 0.3) is 0 Å². The summed E-state index contributed by atoms with van der Waals surface area (Å²) < 4.78 is 5.47. The molecule has 3 rings (SSSR count). The number of hydrogen-bond acceptors (Lipinski definition) is 4. The average molecular weight is 311 g/mol. The highest BCUT2D eigenvalue weighted by Gasteiger charge is 2.53. The molecule has 0 spiro atoms. The summed E-state index contributed by atoms with van der Waals surface area (Å²) in [5, 5.41) is 0. The molecule has 1 aliphatic heterocycles. The number of hydroxylamine groups is 1. The number of benzene rings is 2. The van der Waals surface area contributed by atoms with Gasteiger partial charge in [0.2, 0.25) is 0 Å². The number of carbonyl (C=O) groups excluding carboxylic acids is 1. The summed E-state index contributed by atoms with van der Waals surface area (Å²) in [6.45, 7) is 4.14. The summed E-state index contributed by atoms with van der Waals surface area (Å²) >= 11 is 0. The second-order valence-corrected chi connectivity index (χ2v) is 6.08. The number of esters is 1. The largest absolute Gasteiger partial charge is 0.460 e. The Morgan fingerprint density at radius 2 is 1.70 bits per heavy atom. The highest BCUT2D eigenvalue weighted by molar-refractivity contribution is 5.84. The van der Waals surface area contributed by atoms with Gasteiger partial charge in [-0.05, 0) is 25.0 Å². The molecule has 0 aromatic heterocycles. The molecule has 0 unspecified atom stereocenters. The van der Waals surface area contributed by atoms with Gasteiger partial charge in [0.05, 0.1) is 12.5 Å². The van der Waals surface area contributed by atoms with E-state index >= 15 is 0 Å². The number of hydrogen-bond donors (Lipinski definition) is 1. The van der Waals surface area contributed by atoms with E-state index in [0.717, 1.165) is 11.1 Å². The van der Waals surface area contributed by atoms with Gasteiger partial charge in [-0.25, -0.2) is 4.79 Å². The van der Waals surface area contributed by atoms with E-state index in [-0.39, 0.29) is 18.0 Å². The van der Waals surface area contributed by atoms with Crippen molar-refractivity contribution in [2.24, 2.45) is 0 Å². The van der Waals surface area contributed by atoms with E-state index in [4.69, 9.17) is 9.57 Å². The van der Waals surface area contributed by atoms with Crippen molar-refractivity contribution in [3.05, 3.63) is 71.8 Å². The number of carbonyl (C=O) groups is 1. The molecule has 2 aromatic carbocycles. The first-order chi connectivity index (χ1) is 11.1. The maximum absolute atomic E-state index is 12.4. The third-order valence-electron chi connectivity index (χ3n) is 4.33. The molecular weight excluding hydrogens is 290 g/mol. The third kappa shape index (κ3) is 3.14. The van der Waals surface area contributed by atoms with Gasteiger partial charge in [-0.3, -0.25) is 4.84 Å². The zero-order chi connectivity index (χ0) is 16.3. The van der Waals surface area contributed by atoms with Crippen LogP contribution in [-0.4, -0.2) is 17.6 Å². The lowest BCUT2D eigenvalue weighted by molar-refractivity contribution is -0.150. The highest BCUT2D eigenvalue weighted by Crippen LogP contribution is 2.40. The van der Waals surface area contributed by atoms with Gasteiger partial charge < -0.3 is 4.74 Å². The lowest BCUT2D eigenvalue weighted by Crippen LogP contribution is -2.50. The van der Waals surface area contributed by atoms with Crippen LogP contribution in [0.25, 0.3) is 0 Å². The summed E-state index contributed by atoms with van der Waals surface area (Å²) in [5.74, 6) is -0.390. The van der Waals surface area contributed by atoms with Gasteiger partial charge in [0.15, 0.2) is 0 Å². The Labute approximate surface area is 136 Å². The first-order valence-electron chi connectivity index (χ1n) is 7.80. The van der Waals surface area contributed by atoms with Crippen molar-refractivity contribution in [2.75, 3.05) is 0 Å². The van der Waals surface area contributed by atoms with Crippen LogP contribution in [0.2, 0.25) is 0 Å². The summed E-state index contributed by atoms with van der Waals surface area (Å²) in [6, 6.07) is 19.8. The van der Waals surface area contributed by atoms with E-state index in [9.17, 15) is 4.79 Å². The monoisotopic (exact) mass is 311 g/mol. The van der Waals surface area contributed by atoms with Gasteiger partial charge in [0.1, 0.15) is 11.6 Å². The Hall–Kier alpha value is -2.17. The molecule has 1 saturated heterocycles. The van der Waals surface area contributed by atoms with Crippen molar-refractivity contribution >= 4 is 5.97 Å². The van der Waals surface area contributed by atoms with Crippen LogP contribution in [0, 0.1) is 0 Å². The average Bonchev–Trinajstić information content (AvgIpc) is 2.78. The Kier molecular flexibility index (Phi) is 4.46. The summed E-state index contributed by atoms with van der Waals surface area (Å²) in [6.07, 6.45) is -0.206. The summed E-state index contributed by atoms with van der Waals surface area (Å²) in [4.78, 5) is 18.0. The molecular formula is C19H21NO3. The Morgan fingerprint density at radius 1 is 1.09 bits per heavy atom. The van der Waals surface area contributed by atoms with E-state index < -0.39 is 5.54 Å². The zero-order valence-corrected chi connectivity index (χ0v) is 13.4. The van der Waals surface area contributed by atoms with Crippen LogP contribution < -0.4 is 5.48 Å². The van der Waals surface area contributed by atoms with Crippen LogP contribution in [0.3, 0.4) is 0 Å². The quantitative estimate of drug-likeness (QED) is 0.680. The molecule has 0 aliphatic carbocycles. The van der Waals surface area contributed by atoms with Gasteiger partial charge >= 0.3 is 5.97 Å². The van der Waals surface area contributed by atoms with Crippen LogP contribution >= 0.6 is 0 Å². The first kappa shape index (κ1) is 15.7. The third-order valence-corrected chi connectivity index (χ3v) is 4.33. The molecule has 1 N–H and O–H groups in total. The fraction of sp³-hybridized carbons (Fsp3) is 0.316. The van der Waals surface area contributed by atoms with Gasteiger partial charge in [0, 0.05) is 0 Å². The smallest absolute Gasteiger partial charge is 0.329 e. The van der Waals surface area contributed by atoms with Crippen LogP contribution in [0.4, 0.5) is 0 Å². The number of ether oxygens (including phenoxy) is 1. The number of rotatable bonds is 5. The SMILES string of the molecule is C[C@@H]1OC(=O)[C@@](C)(NOCc2ccccc2)[C@H]1c1ccccc1. The van der Waals surface area contributed by atoms with Crippen molar-refractivity contribution in [3.63, 3.8) is 0 Å². The molecule has 3 atom stereocenters. The fourth-order valence-corrected chi connectivity index (χ4v) is 3.17. The number of cyclic esters (lactones) is 1. The van der Waals surface area contributed by atoms with Gasteiger partial charge in [-0.2, -0.15) is 5.48 Å². The normalized spacial score (nSPS) is 27.0. The fourth-order valence-electron chi connectivity index (χ4n) is 3.17. The van der Waals surface area contributed by atoms with E-state index in [1.165, 1.54) is 0 Å². The molecule has 0 amide bonds. The second kappa shape index (κ2) is 6.52. The van der Waals surface area contributed by atoms with Gasteiger partial charge in [-0.1, -0.05) is 60.7 Å². The molecule has 0 bridgehead atoms. The Bertz CT molecular complexity index is 659. The lowest BCUT2D eigenvalue weighted by atomic mass is 9.80. The summed E-state index contributed by atoms with van der Waals surface area (Å²) in [5.41, 5.74) is 4.15. The Balaban J connectivity index is 1.75. The summed E-state index contributed by atoms with van der Waals surface area (Å²) in [7, 11) is 0. The molecule has 120 valence electrons. The Morgan fingerprint density at radius 3 is 2.35 bits per heavy atom. The van der Waals surface area contributed by atoms with Crippen LogP contribution in [0.15, 0.2) is 60.7 Å². The van der Waals surface area contributed by atoms with Gasteiger partial charge in [-0.15, -0.1) is 0 Å². The molecule has 2 aromatic rings. The zero-order valence-electron chi connectivity index (χ0n) is 13.4. The maximum Gasteiger partial charge on any atom is 0.329 e. The topological polar surface area (TPSA) is 47.6 Å². The van der Waals surface area contributed by atoms with Crippen molar-refractivity contribution in [1.82, 2.24) is 5.48 Å². The van der Waals surface area contributed by atoms with E-state index in [1.807, 2.05) is 74.5 Å². The van der Waals surface area contributed by atoms with Crippen molar-refractivity contribution in [3.8, 4) is 0 Å². The van der Waals surface area contributed by atoms with E-state index in [1.54, 1.807) is 0 Å². The second-order valence-electron chi connectivity index (χ2n) is 6.08. The van der Waals surface area contributed by atoms with Crippen molar-refractivity contribution in [1.29, 1.82) is 0 Å². The lowest BCUT2D eigenvalue weighted by Gasteiger charge is -2.29. The van der Waals surface area contributed by atoms with E-state index in [2.05, 4.69) is 5.48 Å². The van der Waals surface area contributed by atoms with E-state index in [0.29, 0.717) is 6.61 Å². The van der Waals surface area contributed by atoms with Crippen LogP contribution in [0.5, 0.6) is 0 Å². The molecule has 0 radical (unpaired) electrons. The van der Waals surface area contributed by atoms with Crippen molar-refractivity contribution < 1.29 is 14.4 Å². The minimum absolute atomic E-state index is 0.105. The molecule has 23 heavy (non-hydrogen) atoms. The molecule has 4 nitrogen and oxygen atoms in total. The molecule has 4 heteroatoms. The predicted molar refractivity (Wildman–Crippen MR) is 87.5 cm³/mol. The minimum atomic E-state index is -0.907. The minimum Gasteiger partial charge on any atom is -0.460 e. The molecule has 0 saturated carbocycles. The number of nitrogens with one attached hydrogen (secondary N) is 1. The van der Waals surface area contributed by atoms with Crippen LogP contribution in [-0.2, 0) is 21.0 Å². The standard InChI is InChI=1S/C19H21NO3/c1-14-17(16-11-7-4-8-12-16)19(2,18(21)23-14)20-22-13-15-9-5-3-6-10-15/h3-12,14,17,20H,13H2,1-2H3/t14-,17+,19-/m0/s1. The highest BCUT2D eigenvalue weighted by atomic mass is 16.7. The van der Waals surface area contributed by atoms with Crippen molar-refractivity contribution in [2.45, 2.75) is 38.0 Å². The molecule has 1 fully saturated rings. The molecule has 1 aliphatic rings.